The van der Waals surface area contributed by atoms with E-state index in [0.717, 1.165) is 19.4 Å². The maximum Gasteiger partial charge on any atom is 0.213 e. The van der Waals surface area contributed by atoms with Crippen molar-refractivity contribution >= 4 is 10.0 Å². The average molecular weight is 275 g/mol. The fourth-order valence-electron chi connectivity index (χ4n) is 2.39. The van der Waals surface area contributed by atoms with Crippen LogP contribution in [-0.2, 0) is 10.0 Å². The Morgan fingerprint density at radius 2 is 1.94 bits per heavy atom. The van der Waals surface area contributed by atoms with Gasteiger partial charge >= 0.3 is 0 Å². The normalized spacial score (nSPS) is 30.6. The van der Waals surface area contributed by atoms with Crippen LogP contribution in [0.4, 0.5) is 0 Å². The lowest BCUT2D eigenvalue weighted by Crippen LogP contribution is -2.48. The molecule has 2 N–H and O–H groups in total. The minimum atomic E-state index is -3.12. The maximum absolute atomic E-state index is 11.9. The van der Waals surface area contributed by atoms with Crippen molar-refractivity contribution < 1.29 is 8.42 Å². The fourth-order valence-corrected chi connectivity index (χ4v) is 3.62. The Kier molecular flexibility index (Phi) is 4.64. The SMILES string of the molecule is CC1CC(NS(=O)(=O)CCNC2CC2)CCN1C. The summed E-state index contributed by atoms with van der Waals surface area (Å²) in [6.07, 6.45) is 4.21. The molecule has 0 aromatic rings. The molecule has 1 saturated carbocycles. The monoisotopic (exact) mass is 275 g/mol. The van der Waals surface area contributed by atoms with Gasteiger partial charge in [0.25, 0.3) is 0 Å². The van der Waals surface area contributed by atoms with Gasteiger partial charge in [-0.3, -0.25) is 0 Å². The molecule has 0 amide bonds. The van der Waals surface area contributed by atoms with Gasteiger partial charge in [0.15, 0.2) is 0 Å². The van der Waals surface area contributed by atoms with Crippen LogP contribution < -0.4 is 10.0 Å². The molecule has 18 heavy (non-hydrogen) atoms. The van der Waals surface area contributed by atoms with Gasteiger partial charge in [-0.1, -0.05) is 0 Å². The van der Waals surface area contributed by atoms with Gasteiger partial charge in [-0.15, -0.1) is 0 Å². The van der Waals surface area contributed by atoms with Gasteiger partial charge in [0.05, 0.1) is 5.75 Å². The first kappa shape index (κ1) is 14.2. The molecule has 1 aliphatic heterocycles. The molecule has 2 rings (SSSR count). The van der Waals surface area contributed by atoms with E-state index >= 15 is 0 Å². The highest BCUT2D eigenvalue weighted by atomic mass is 32.2. The lowest BCUT2D eigenvalue weighted by Gasteiger charge is -2.35. The molecule has 0 aromatic heterocycles. The molecule has 0 spiro atoms. The smallest absolute Gasteiger partial charge is 0.213 e. The summed E-state index contributed by atoms with van der Waals surface area (Å²) in [5.74, 6) is 0.199. The van der Waals surface area contributed by atoms with Crippen molar-refractivity contribution in [2.45, 2.75) is 50.7 Å². The van der Waals surface area contributed by atoms with Crippen LogP contribution >= 0.6 is 0 Å². The van der Waals surface area contributed by atoms with Crippen molar-refractivity contribution in [3.8, 4) is 0 Å². The highest BCUT2D eigenvalue weighted by Gasteiger charge is 2.26. The number of hydrogen-bond donors (Lipinski definition) is 2. The third-order valence-electron chi connectivity index (χ3n) is 3.94. The molecule has 0 bridgehead atoms. The molecule has 1 saturated heterocycles. The van der Waals surface area contributed by atoms with Gasteiger partial charge in [0.2, 0.25) is 10.0 Å². The Bertz CT molecular complexity index is 368. The topological polar surface area (TPSA) is 61.4 Å². The summed E-state index contributed by atoms with van der Waals surface area (Å²) in [6, 6.07) is 1.14. The highest BCUT2D eigenvalue weighted by molar-refractivity contribution is 7.89. The first-order valence-electron chi connectivity index (χ1n) is 6.90. The predicted molar refractivity (Wildman–Crippen MR) is 73.1 cm³/mol. The maximum atomic E-state index is 11.9. The second kappa shape index (κ2) is 5.86. The zero-order valence-corrected chi connectivity index (χ0v) is 12.2. The van der Waals surface area contributed by atoms with Gasteiger partial charge < -0.3 is 10.2 Å². The van der Waals surface area contributed by atoms with Crippen LogP contribution in [0, 0.1) is 0 Å². The molecule has 2 fully saturated rings. The first-order valence-corrected chi connectivity index (χ1v) is 8.55. The van der Waals surface area contributed by atoms with Crippen LogP contribution in [0.5, 0.6) is 0 Å². The Balaban J connectivity index is 1.72. The van der Waals surface area contributed by atoms with Crippen LogP contribution in [0.3, 0.4) is 0 Å². The minimum Gasteiger partial charge on any atom is -0.313 e. The van der Waals surface area contributed by atoms with Crippen molar-refractivity contribution in [3.63, 3.8) is 0 Å². The van der Waals surface area contributed by atoms with Crippen LogP contribution in [-0.4, -0.2) is 57.3 Å². The van der Waals surface area contributed by atoms with Gasteiger partial charge in [0, 0.05) is 24.7 Å². The van der Waals surface area contributed by atoms with Crippen LogP contribution in [0.25, 0.3) is 0 Å². The van der Waals surface area contributed by atoms with Crippen molar-refractivity contribution in [2.75, 3.05) is 25.9 Å². The van der Waals surface area contributed by atoms with Crippen molar-refractivity contribution in [3.05, 3.63) is 0 Å². The van der Waals surface area contributed by atoms with Gasteiger partial charge in [-0.05, 0) is 46.2 Å². The van der Waals surface area contributed by atoms with Gasteiger partial charge in [-0.25, -0.2) is 13.1 Å². The lowest BCUT2D eigenvalue weighted by molar-refractivity contribution is 0.178. The Morgan fingerprint density at radius 1 is 1.22 bits per heavy atom. The summed E-state index contributed by atoms with van der Waals surface area (Å²) in [5, 5.41) is 3.24. The molecule has 1 heterocycles. The van der Waals surface area contributed by atoms with E-state index in [4.69, 9.17) is 0 Å². The highest BCUT2D eigenvalue weighted by Crippen LogP contribution is 2.18. The molecule has 2 unspecified atom stereocenters. The Hall–Kier alpha value is -0.170. The average Bonchev–Trinajstić information content (AvgIpc) is 3.07. The van der Waals surface area contributed by atoms with E-state index in [1.807, 2.05) is 0 Å². The summed E-state index contributed by atoms with van der Waals surface area (Å²) in [7, 11) is -1.03. The Labute approximate surface area is 110 Å². The van der Waals surface area contributed by atoms with Crippen molar-refractivity contribution in [1.29, 1.82) is 0 Å². The summed E-state index contributed by atoms with van der Waals surface area (Å²) in [4.78, 5) is 2.28. The second-order valence-corrected chi connectivity index (χ2v) is 7.59. The van der Waals surface area contributed by atoms with E-state index < -0.39 is 10.0 Å². The summed E-state index contributed by atoms with van der Waals surface area (Å²) < 4.78 is 26.7. The molecule has 2 aliphatic rings. The number of sulfonamides is 1. The summed E-state index contributed by atoms with van der Waals surface area (Å²) in [5.41, 5.74) is 0. The van der Waals surface area contributed by atoms with Crippen LogP contribution in [0.1, 0.15) is 32.6 Å². The number of nitrogens with zero attached hydrogens (tertiary/aromatic N) is 1. The van der Waals surface area contributed by atoms with Crippen molar-refractivity contribution in [2.24, 2.45) is 0 Å². The molecule has 6 heteroatoms. The lowest BCUT2D eigenvalue weighted by atomic mass is 10.0. The predicted octanol–water partition coefficient (Wildman–Crippen LogP) is 0.141. The summed E-state index contributed by atoms with van der Waals surface area (Å²) >= 11 is 0. The van der Waals surface area contributed by atoms with E-state index in [9.17, 15) is 8.42 Å². The quantitative estimate of drug-likeness (QED) is 0.724. The van der Waals surface area contributed by atoms with Crippen LogP contribution in [0.2, 0.25) is 0 Å². The zero-order chi connectivity index (χ0) is 13.2. The molecule has 5 nitrogen and oxygen atoms in total. The first-order chi connectivity index (χ1) is 8.46. The number of hydrogen-bond acceptors (Lipinski definition) is 4. The number of likely N-dealkylation sites (tertiary alicyclic amines) is 1. The third kappa shape index (κ3) is 4.50. The van der Waals surface area contributed by atoms with Crippen LogP contribution in [0.15, 0.2) is 0 Å². The van der Waals surface area contributed by atoms with Gasteiger partial charge in [0.1, 0.15) is 0 Å². The minimum absolute atomic E-state index is 0.113. The van der Waals surface area contributed by atoms with E-state index in [1.165, 1.54) is 12.8 Å². The molecule has 106 valence electrons. The van der Waals surface area contributed by atoms with E-state index in [-0.39, 0.29) is 11.8 Å². The number of piperidine rings is 1. The number of nitrogens with one attached hydrogen (secondary N) is 2. The molecule has 1 aliphatic carbocycles. The third-order valence-corrected chi connectivity index (χ3v) is 5.37. The molecular weight excluding hydrogens is 250 g/mol. The zero-order valence-electron chi connectivity index (χ0n) is 11.4. The summed E-state index contributed by atoms with van der Waals surface area (Å²) in [6.45, 7) is 3.69. The molecule has 0 radical (unpaired) electrons. The van der Waals surface area contributed by atoms with E-state index in [1.54, 1.807) is 0 Å². The molecular formula is C12H25N3O2S. The second-order valence-electron chi connectivity index (χ2n) is 5.72. The van der Waals surface area contributed by atoms with E-state index in [2.05, 4.69) is 28.9 Å². The standard InChI is InChI=1S/C12H25N3O2S/c1-10-9-12(5-7-15(10)2)14-18(16,17)8-6-13-11-3-4-11/h10-14H,3-9H2,1-2H3. The molecule has 0 aromatic carbocycles. The van der Waals surface area contributed by atoms with Gasteiger partial charge in [-0.2, -0.15) is 0 Å². The largest absolute Gasteiger partial charge is 0.313 e. The number of rotatable bonds is 6. The Morgan fingerprint density at radius 3 is 2.56 bits per heavy atom. The van der Waals surface area contributed by atoms with E-state index in [0.29, 0.717) is 18.6 Å². The fraction of sp³-hybridized carbons (Fsp3) is 1.00. The molecule has 2 atom stereocenters. The van der Waals surface area contributed by atoms with Crippen molar-refractivity contribution in [1.82, 2.24) is 14.9 Å².